The Morgan fingerprint density at radius 1 is 1.12 bits per heavy atom. The van der Waals surface area contributed by atoms with E-state index in [1.54, 1.807) is 31.2 Å². The van der Waals surface area contributed by atoms with Crippen molar-refractivity contribution < 1.29 is 15.0 Å². The number of carboxylic acid groups (broad SMARTS) is 1. The summed E-state index contributed by atoms with van der Waals surface area (Å²) in [5.74, 6) is -1.14. The molecule has 0 saturated heterocycles. The molecule has 82 valence electrons. The molecule has 3 nitrogen and oxygen atoms in total. The standard InChI is InChI=1S/C13H12O3/c1-8(13(15)16)9-2-3-11-7-12(14)5-4-10(11)6-9/h2-8,14H,1H3,(H,15,16)/t8-/m1/s1. The summed E-state index contributed by atoms with van der Waals surface area (Å²) in [5, 5.41) is 20.1. The van der Waals surface area contributed by atoms with Gasteiger partial charge in [-0.15, -0.1) is 0 Å². The molecule has 0 heterocycles. The molecule has 2 rings (SSSR count). The number of carbonyl (C=O) groups is 1. The van der Waals surface area contributed by atoms with Gasteiger partial charge in [0.2, 0.25) is 0 Å². The average Bonchev–Trinajstić information content (AvgIpc) is 2.27. The van der Waals surface area contributed by atoms with E-state index in [-0.39, 0.29) is 5.75 Å². The molecule has 0 unspecified atom stereocenters. The molecule has 0 spiro atoms. The fraction of sp³-hybridized carbons (Fsp3) is 0.154. The quantitative estimate of drug-likeness (QED) is 0.811. The first-order valence-electron chi connectivity index (χ1n) is 5.03. The van der Waals surface area contributed by atoms with Gasteiger partial charge in [0.25, 0.3) is 0 Å². The van der Waals surface area contributed by atoms with Crippen LogP contribution >= 0.6 is 0 Å². The van der Waals surface area contributed by atoms with Crippen LogP contribution in [-0.4, -0.2) is 16.2 Å². The van der Waals surface area contributed by atoms with E-state index in [0.717, 1.165) is 16.3 Å². The number of phenols is 1. The van der Waals surface area contributed by atoms with Crippen molar-refractivity contribution in [2.45, 2.75) is 12.8 Å². The van der Waals surface area contributed by atoms with Crippen LogP contribution in [0.25, 0.3) is 10.8 Å². The molecule has 0 bridgehead atoms. The summed E-state index contributed by atoms with van der Waals surface area (Å²) in [5.41, 5.74) is 0.769. The lowest BCUT2D eigenvalue weighted by atomic mass is 9.98. The molecular formula is C13H12O3. The van der Waals surface area contributed by atoms with Gasteiger partial charge in [-0.1, -0.05) is 24.3 Å². The summed E-state index contributed by atoms with van der Waals surface area (Å²) in [7, 11) is 0. The van der Waals surface area contributed by atoms with Gasteiger partial charge >= 0.3 is 5.97 Å². The number of hydrogen-bond acceptors (Lipinski definition) is 2. The minimum atomic E-state index is -0.835. The Bertz CT molecular complexity index is 546. The molecule has 2 aromatic carbocycles. The van der Waals surface area contributed by atoms with Crippen molar-refractivity contribution in [2.24, 2.45) is 0 Å². The number of fused-ring (bicyclic) bond motifs is 1. The molecule has 2 N–H and O–H groups in total. The molecule has 0 amide bonds. The maximum atomic E-state index is 10.8. The Hall–Kier alpha value is -2.03. The van der Waals surface area contributed by atoms with E-state index in [2.05, 4.69) is 0 Å². The third-order valence-electron chi connectivity index (χ3n) is 2.72. The number of carboxylic acids is 1. The van der Waals surface area contributed by atoms with Gasteiger partial charge in [0, 0.05) is 0 Å². The molecule has 1 atom stereocenters. The normalized spacial score (nSPS) is 12.6. The lowest BCUT2D eigenvalue weighted by Crippen LogP contribution is -2.06. The van der Waals surface area contributed by atoms with Crippen LogP contribution in [0.1, 0.15) is 18.4 Å². The molecule has 2 aromatic rings. The Morgan fingerprint density at radius 3 is 2.44 bits per heavy atom. The number of aliphatic carboxylic acids is 1. The number of phenolic OH excluding ortho intramolecular Hbond substituents is 1. The fourth-order valence-corrected chi connectivity index (χ4v) is 1.66. The van der Waals surface area contributed by atoms with E-state index in [1.165, 1.54) is 0 Å². The van der Waals surface area contributed by atoms with Gasteiger partial charge in [-0.25, -0.2) is 0 Å². The summed E-state index contributed by atoms with van der Waals surface area (Å²) < 4.78 is 0. The molecule has 0 aliphatic heterocycles. The zero-order valence-electron chi connectivity index (χ0n) is 8.84. The Morgan fingerprint density at radius 2 is 1.75 bits per heavy atom. The van der Waals surface area contributed by atoms with Crippen LogP contribution in [0.2, 0.25) is 0 Å². The van der Waals surface area contributed by atoms with Crippen molar-refractivity contribution in [3.8, 4) is 5.75 Å². The molecule has 3 heteroatoms. The predicted octanol–water partition coefficient (Wildman–Crippen LogP) is 2.73. The molecule has 0 fully saturated rings. The largest absolute Gasteiger partial charge is 0.508 e. The highest BCUT2D eigenvalue weighted by molar-refractivity contribution is 5.86. The topological polar surface area (TPSA) is 57.5 Å². The first kappa shape index (κ1) is 10.5. The summed E-state index contributed by atoms with van der Waals surface area (Å²) in [6, 6.07) is 10.5. The highest BCUT2D eigenvalue weighted by Gasteiger charge is 2.13. The molecule has 0 aliphatic carbocycles. The molecule has 0 aliphatic rings. The number of benzene rings is 2. The van der Waals surface area contributed by atoms with E-state index >= 15 is 0 Å². The third-order valence-corrected chi connectivity index (χ3v) is 2.72. The predicted molar refractivity (Wildman–Crippen MR) is 61.7 cm³/mol. The van der Waals surface area contributed by atoms with E-state index < -0.39 is 11.9 Å². The Kier molecular flexibility index (Phi) is 2.52. The Labute approximate surface area is 93.0 Å². The van der Waals surface area contributed by atoms with Crippen molar-refractivity contribution in [1.29, 1.82) is 0 Å². The molecule has 0 saturated carbocycles. The smallest absolute Gasteiger partial charge is 0.310 e. The van der Waals surface area contributed by atoms with E-state index in [4.69, 9.17) is 5.11 Å². The van der Waals surface area contributed by atoms with Crippen LogP contribution in [-0.2, 0) is 4.79 Å². The van der Waals surface area contributed by atoms with Crippen molar-refractivity contribution >= 4 is 16.7 Å². The van der Waals surface area contributed by atoms with Crippen molar-refractivity contribution in [3.05, 3.63) is 42.0 Å². The van der Waals surface area contributed by atoms with Gasteiger partial charge in [0.1, 0.15) is 5.75 Å². The molecule has 0 radical (unpaired) electrons. The zero-order chi connectivity index (χ0) is 11.7. The van der Waals surface area contributed by atoms with Crippen LogP contribution in [0.15, 0.2) is 36.4 Å². The number of rotatable bonds is 2. The lowest BCUT2D eigenvalue weighted by Gasteiger charge is -2.08. The highest BCUT2D eigenvalue weighted by atomic mass is 16.4. The first-order valence-corrected chi connectivity index (χ1v) is 5.03. The van der Waals surface area contributed by atoms with Gasteiger partial charge < -0.3 is 10.2 Å². The number of aromatic hydroxyl groups is 1. The van der Waals surface area contributed by atoms with Gasteiger partial charge in [-0.05, 0) is 35.4 Å². The van der Waals surface area contributed by atoms with E-state index in [0.29, 0.717) is 0 Å². The maximum absolute atomic E-state index is 10.8. The van der Waals surface area contributed by atoms with Crippen LogP contribution in [0, 0.1) is 0 Å². The summed E-state index contributed by atoms with van der Waals surface area (Å²) in [6.07, 6.45) is 0. The molecule has 16 heavy (non-hydrogen) atoms. The van der Waals surface area contributed by atoms with Gasteiger partial charge in [-0.3, -0.25) is 4.79 Å². The van der Waals surface area contributed by atoms with Gasteiger partial charge in [-0.2, -0.15) is 0 Å². The van der Waals surface area contributed by atoms with Crippen LogP contribution < -0.4 is 0 Å². The molecule has 0 aromatic heterocycles. The first-order chi connectivity index (χ1) is 7.58. The van der Waals surface area contributed by atoms with Crippen molar-refractivity contribution in [3.63, 3.8) is 0 Å². The van der Waals surface area contributed by atoms with Crippen LogP contribution in [0.5, 0.6) is 5.75 Å². The van der Waals surface area contributed by atoms with E-state index in [1.807, 2.05) is 12.1 Å². The summed E-state index contributed by atoms with van der Waals surface area (Å²) in [6.45, 7) is 1.66. The maximum Gasteiger partial charge on any atom is 0.310 e. The minimum Gasteiger partial charge on any atom is -0.508 e. The zero-order valence-corrected chi connectivity index (χ0v) is 8.84. The monoisotopic (exact) mass is 216 g/mol. The van der Waals surface area contributed by atoms with E-state index in [9.17, 15) is 9.90 Å². The Balaban J connectivity index is 2.52. The highest BCUT2D eigenvalue weighted by Crippen LogP contribution is 2.24. The van der Waals surface area contributed by atoms with Crippen LogP contribution in [0.4, 0.5) is 0 Å². The second-order valence-electron chi connectivity index (χ2n) is 3.85. The number of hydrogen-bond donors (Lipinski definition) is 2. The van der Waals surface area contributed by atoms with Gasteiger partial charge in [0.05, 0.1) is 5.92 Å². The lowest BCUT2D eigenvalue weighted by molar-refractivity contribution is -0.138. The van der Waals surface area contributed by atoms with Crippen LogP contribution in [0.3, 0.4) is 0 Å². The van der Waals surface area contributed by atoms with Gasteiger partial charge in [0.15, 0.2) is 0 Å². The van der Waals surface area contributed by atoms with Crippen molar-refractivity contribution in [2.75, 3.05) is 0 Å². The SMILES string of the molecule is C[C@@H](C(=O)O)c1ccc2cc(O)ccc2c1. The van der Waals surface area contributed by atoms with Crippen molar-refractivity contribution in [1.82, 2.24) is 0 Å². The second kappa shape index (κ2) is 3.85. The fourth-order valence-electron chi connectivity index (χ4n) is 1.66. The summed E-state index contributed by atoms with van der Waals surface area (Å²) >= 11 is 0. The minimum absolute atomic E-state index is 0.214. The average molecular weight is 216 g/mol. The third kappa shape index (κ3) is 1.84. The summed E-state index contributed by atoms with van der Waals surface area (Å²) in [4.78, 5) is 10.8. The molecular weight excluding hydrogens is 204 g/mol. The second-order valence-corrected chi connectivity index (χ2v) is 3.85.